The molecule has 3 aromatic rings. The van der Waals surface area contributed by atoms with Crippen LogP contribution in [0.4, 0.5) is 5.69 Å². The van der Waals surface area contributed by atoms with Gasteiger partial charge in [-0.1, -0.05) is 18.2 Å². The van der Waals surface area contributed by atoms with Crippen LogP contribution in [0.15, 0.2) is 59.3 Å². The highest BCUT2D eigenvalue weighted by molar-refractivity contribution is 5.61. The Morgan fingerprint density at radius 2 is 2.05 bits per heavy atom. The Bertz CT molecular complexity index is 775. The maximum Gasteiger partial charge on any atom is 0.247 e. The van der Waals surface area contributed by atoms with E-state index in [1.165, 1.54) is 6.39 Å². The molecule has 0 aliphatic heterocycles. The minimum absolute atomic E-state index is 0.491. The molecular weight excluding hydrogens is 264 g/mol. The molecule has 2 aromatic carbocycles. The second kappa shape index (κ2) is 5.88. The van der Waals surface area contributed by atoms with Crippen molar-refractivity contribution >= 4 is 5.69 Å². The lowest BCUT2D eigenvalue weighted by molar-refractivity contribution is 0.568. The van der Waals surface area contributed by atoms with Crippen LogP contribution in [0, 0.1) is 11.3 Å². The van der Waals surface area contributed by atoms with Gasteiger partial charge in [-0.3, -0.25) is 0 Å². The molecule has 0 atom stereocenters. The molecule has 102 valence electrons. The van der Waals surface area contributed by atoms with Gasteiger partial charge in [-0.25, -0.2) is 0 Å². The average Bonchev–Trinajstić information content (AvgIpc) is 3.08. The van der Waals surface area contributed by atoms with E-state index in [1.54, 1.807) is 6.07 Å². The molecule has 1 heterocycles. The van der Waals surface area contributed by atoms with Crippen LogP contribution in [0.1, 0.15) is 11.1 Å². The van der Waals surface area contributed by atoms with Crippen LogP contribution in [0.2, 0.25) is 0 Å². The summed E-state index contributed by atoms with van der Waals surface area (Å²) in [4.78, 5) is 0. The third-order valence-corrected chi connectivity index (χ3v) is 3.02. The fourth-order valence-corrected chi connectivity index (χ4v) is 2.02. The van der Waals surface area contributed by atoms with E-state index in [2.05, 4.69) is 21.6 Å². The Balaban J connectivity index is 1.73. The first-order chi connectivity index (χ1) is 10.3. The number of rotatable bonds is 4. The molecule has 0 bridgehead atoms. The molecule has 5 heteroatoms. The van der Waals surface area contributed by atoms with Crippen molar-refractivity contribution in [2.24, 2.45) is 0 Å². The molecule has 1 aromatic heterocycles. The smallest absolute Gasteiger partial charge is 0.247 e. The molecule has 0 aliphatic carbocycles. The summed E-state index contributed by atoms with van der Waals surface area (Å²) in [5.74, 6) is 0.491. The van der Waals surface area contributed by atoms with Gasteiger partial charge < -0.3 is 9.73 Å². The van der Waals surface area contributed by atoms with Gasteiger partial charge in [0.05, 0.1) is 11.6 Å². The molecule has 0 saturated carbocycles. The summed E-state index contributed by atoms with van der Waals surface area (Å²) < 4.78 is 5.18. The molecule has 3 rings (SSSR count). The van der Waals surface area contributed by atoms with E-state index in [4.69, 9.17) is 9.68 Å². The number of aromatic nitrogens is 2. The molecule has 0 fully saturated rings. The molecule has 0 saturated heterocycles. The highest BCUT2D eigenvalue weighted by Crippen LogP contribution is 2.20. The van der Waals surface area contributed by atoms with E-state index in [-0.39, 0.29) is 0 Å². The largest absolute Gasteiger partial charge is 0.423 e. The van der Waals surface area contributed by atoms with Crippen molar-refractivity contribution in [3.05, 3.63) is 66.1 Å². The lowest BCUT2D eigenvalue weighted by Crippen LogP contribution is -1.99. The number of anilines is 1. The van der Waals surface area contributed by atoms with E-state index >= 15 is 0 Å². The molecule has 0 amide bonds. The SMILES string of the molecule is N#Cc1cccc(CNc2cccc(-c3nnco3)c2)c1. The number of hydrogen-bond donors (Lipinski definition) is 1. The Kier molecular flexibility index (Phi) is 3.61. The highest BCUT2D eigenvalue weighted by atomic mass is 16.4. The zero-order valence-corrected chi connectivity index (χ0v) is 11.2. The summed E-state index contributed by atoms with van der Waals surface area (Å²) in [5, 5.41) is 19.8. The number of nitrogens with one attached hydrogen (secondary N) is 1. The first-order valence-electron chi connectivity index (χ1n) is 6.45. The molecule has 0 unspecified atom stereocenters. The van der Waals surface area contributed by atoms with Crippen LogP contribution in [0.5, 0.6) is 0 Å². The quantitative estimate of drug-likeness (QED) is 0.791. The van der Waals surface area contributed by atoms with Gasteiger partial charge >= 0.3 is 0 Å². The van der Waals surface area contributed by atoms with Crippen molar-refractivity contribution in [1.29, 1.82) is 5.26 Å². The lowest BCUT2D eigenvalue weighted by atomic mass is 10.1. The predicted molar refractivity (Wildman–Crippen MR) is 78.2 cm³/mol. The van der Waals surface area contributed by atoms with E-state index in [0.717, 1.165) is 16.8 Å². The van der Waals surface area contributed by atoms with Crippen molar-refractivity contribution in [3.63, 3.8) is 0 Å². The second-order valence-electron chi connectivity index (χ2n) is 4.49. The fraction of sp³-hybridized carbons (Fsp3) is 0.0625. The summed E-state index contributed by atoms with van der Waals surface area (Å²) in [6.07, 6.45) is 1.31. The zero-order valence-electron chi connectivity index (χ0n) is 11.2. The Hall–Kier alpha value is -3.13. The van der Waals surface area contributed by atoms with Crippen molar-refractivity contribution in [3.8, 4) is 17.5 Å². The van der Waals surface area contributed by atoms with Gasteiger partial charge in [0.2, 0.25) is 12.3 Å². The van der Waals surface area contributed by atoms with Crippen LogP contribution < -0.4 is 5.32 Å². The van der Waals surface area contributed by atoms with Gasteiger partial charge in [0, 0.05) is 17.8 Å². The number of nitrogens with zero attached hydrogens (tertiary/aromatic N) is 3. The highest BCUT2D eigenvalue weighted by Gasteiger charge is 2.04. The Labute approximate surface area is 121 Å². The van der Waals surface area contributed by atoms with Crippen LogP contribution in [0.3, 0.4) is 0 Å². The van der Waals surface area contributed by atoms with Crippen molar-refractivity contribution in [2.75, 3.05) is 5.32 Å². The molecule has 1 N–H and O–H groups in total. The van der Waals surface area contributed by atoms with Crippen molar-refractivity contribution in [2.45, 2.75) is 6.54 Å². The summed E-state index contributed by atoms with van der Waals surface area (Å²) in [6.45, 7) is 0.642. The maximum atomic E-state index is 8.90. The molecule has 0 aliphatic rings. The number of benzene rings is 2. The van der Waals surface area contributed by atoms with Gasteiger partial charge in [-0.05, 0) is 35.9 Å². The summed E-state index contributed by atoms with van der Waals surface area (Å²) in [5.41, 5.74) is 3.53. The van der Waals surface area contributed by atoms with Crippen LogP contribution >= 0.6 is 0 Å². The summed E-state index contributed by atoms with van der Waals surface area (Å²) in [7, 11) is 0. The molecule has 0 spiro atoms. The van der Waals surface area contributed by atoms with Gasteiger partial charge in [0.15, 0.2) is 0 Å². The van der Waals surface area contributed by atoms with Gasteiger partial charge in [0.1, 0.15) is 0 Å². The predicted octanol–water partition coefficient (Wildman–Crippen LogP) is 3.22. The lowest BCUT2D eigenvalue weighted by Gasteiger charge is -2.07. The summed E-state index contributed by atoms with van der Waals surface area (Å²) in [6, 6.07) is 17.4. The molecule has 5 nitrogen and oxygen atoms in total. The molecule has 21 heavy (non-hydrogen) atoms. The average molecular weight is 276 g/mol. The van der Waals surface area contributed by atoms with Crippen molar-refractivity contribution in [1.82, 2.24) is 10.2 Å². The van der Waals surface area contributed by atoms with Crippen LogP contribution in [-0.2, 0) is 6.54 Å². The Morgan fingerprint density at radius 3 is 2.86 bits per heavy atom. The molecule has 0 radical (unpaired) electrons. The monoisotopic (exact) mass is 276 g/mol. The van der Waals surface area contributed by atoms with Crippen LogP contribution in [-0.4, -0.2) is 10.2 Å². The standard InChI is InChI=1S/C16H12N4O/c17-9-12-3-1-4-13(7-12)10-18-15-6-2-5-14(8-15)16-20-19-11-21-16/h1-8,11,18H,10H2. The topological polar surface area (TPSA) is 74.7 Å². The second-order valence-corrected chi connectivity index (χ2v) is 4.49. The number of nitriles is 1. The summed E-state index contributed by atoms with van der Waals surface area (Å²) >= 11 is 0. The Morgan fingerprint density at radius 1 is 1.14 bits per heavy atom. The van der Waals surface area contributed by atoms with E-state index in [0.29, 0.717) is 18.0 Å². The third kappa shape index (κ3) is 3.07. The zero-order chi connectivity index (χ0) is 14.5. The third-order valence-electron chi connectivity index (χ3n) is 3.02. The van der Waals surface area contributed by atoms with Crippen LogP contribution in [0.25, 0.3) is 11.5 Å². The normalized spacial score (nSPS) is 10.0. The first kappa shape index (κ1) is 12.9. The van der Waals surface area contributed by atoms with E-state index in [9.17, 15) is 0 Å². The van der Waals surface area contributed by atoms with Gasteiger partial charge in [0.25, 0.3) is 0 Å². The fourth-order valence-electron chi connectivity index (χ4n) is 2.02. The minimum Gasteiger partial charge on any atom is -0.423 e. The maximum absolute atomic E-state index is 8.90. The van der Waals surface area contributed by atoms with E-state index in [1.807, 2.05) is 42.5 Å². The number of hydrogen-bond acceptors (Lipinski definition) is 5. The van der Waals surface area contributed by atoms with Gasteiger partial charge in [-0.2, -0.15) is 5.26 Å². The first-order valence-corrected chi connectivity index (χ1v) is 6.45. The molecular formula is C16H12N4O. The van der Waals surface area contributed by atoms with Crippen molar-refractivity contribution < 1.29 is 4.42 Å². The van der Waals surface area contributed by atoms with E-state index < -0.39 is 0 Å². The minimum atomic E-state index is 0.491. The van der Waals surface area contributed by atoms with Gasteiger partial charge in [-0.15, -0.1) is 10.2 Å².